The summed E-state index contributed by atoms with van der Waals surface area (Å²) in [5.41, 5.74) is 4.13. The van der Waals surface area contributed by atoms with Crippen molar-refractivity contribution in [3.8, 4) is 0 Å². The predicted molar refractivity (Wildman–Crippen MR) is 102 cm³/mol. The van der Waals surface area contributed by atoms with Crippen LogP contribution in [0.5, 0.6) is 0 Å². The van der Waals surface area contributed by atoms with Gasteiger partial charge in [0.05, 0.1) is 18.1 Å². The third-order valence-corrected chi connectivity index (χ3v) is 5.30. The third-order valence-electron chi connectivity index (χ3n) is 5.30. The highest BCUT2D eigenvalue weighted by Gasteiger charge is 2.47. The molecule has 1 heterocycles. The summed E-state index contributed by atoms with van der Waals surface area (Å²) in [6.45, 7) is 10.2. The van der Waals surface area contributed by atoms with E-state index in [1.807, 2.05) is 38.1 Å². The fraction of sp³-hybridized carbons (Fsp3) is 0.500. The molecule has 0 spiro atoms. The van der Waals surface area contributed by atoms with Crippen molar-refractivity contribution in [3.63, 3.8) is 0 Å². The molecule has 0 unspecified atom stereocenters. The Hall–Kier alpha value is -2.23. The molecular formula is C22H27NO3. The Morgan fingerprint density at radius 3 is 2.42 bits per heavy atom. The van der Waals surface area contributed by atoms with Gasteiger partial charge in [0.2, 0.25) is 0 Å². The summed E-state index contributed by atoms with van der Waals surface area (Å²) in [4.78, 5) is 30.5. The Labute approximate surface area is 155 Å². The summed E-state index contributed by atoms with van der Waals surface area (Å²) in [5, 5.41) is 0. The number of allylic oxidation sites excluding steroid dienone is 1. The average molecular weight is 353 g/mol. The van der Waals surface area contributed by atoms with Gasteiger partial charge in [0, 0.05) is 23.7 Å². The lowest BCUT2D eigenvalue weighted by atomic mass is 9.63. The molecule has 138 valence electrons. The molecule has 0 radical (unpaired) electrons. The minimum Gasteiger partial charge on any atom is -0.463 e. The third kappa shape index (κ3) is 3.37. The first-order valence-electron chi connectivity index (χ1n) is 9.28. The number of ketones is 1. The van der Waals surface area contributed by atoms with Crippen LogP contribution < -0.4 is 0 Å². The number of esters is 1. The smallest absolute Gasteiger partial charge is 0.336 e. The quantitative estimate of drug-likeness (QED) is 0.758. The molecule has 2 atom stereocenters. The van der Waals surface area contributed by atoms with E-state index in [-0.39, 0.29) is 29.0 Å². The van der Waals surface area contributed by atoms with Gasteiger partial charge in [-0.1, -0.05) is 43.7 Å². The van der Waals surface area contributed by atoms with Crippen molar-refractivity contribution < 1.29 is 14.3 Å². The lowest BCUT2D eigenvalue weighted by Gasteiger charge is -2.41. The van der Waals surface area contributed by atoms with E-state index in [2.05, 4.69) is 13.8 Å². The summed E-state index contributed by atoms with van der Waals surface area (Å²) in [6, 6.07) is 8.08. The maximum absolute atomic E-state index is 13.1. The number of ether oxygens (including phenoxy) is 1. The molecule has 1 aromatic carbocycles. The van der Waals surface area contributed by atoms with Gasteiger partial charge in [-0.05, 0) is 38.2 Å². The van der Waals surface area contributed by atoms with Crippen molar-refractivity contribution in [1.29, 1.82) is 0 Å². The minimum absolute atomic E-state index is 0.0913. The molecule has 3 rings (SSSR count). The number of hydrogen-bond acceptors (Lipinski definition) is 4. The van der Waals surface area contributed by atoms with E-state index in [4.69, 9.17) is 9.73 Å². The van der Waals surface area contributed by atoms with Gasteiger partial charge in [-0.15, -0.1) is 0 Å². The number of rotatable bonds is 3. The highest BCUT2D eigenvalue weighted by atomic mass is 16.5. The average Bonchev–Trinajstić information content (AvgIpc) is 2.53. The van der Waals surface area contributed by atoms with E-state index in [1.165, 1.54) is 0 Å². The van der Waals surface area contributed by atoms with Gasteiger partial charge in [0.1, 0.15) is 5.78 Å². The first-order chi connectivity index (χ1) is 12.2. The van der Waals surface area contributed by atoms with Crippen LogP contribution in [-0.4, -0.2) is 24.1 Å². The molecule has 0 aromatic heterocycles. The van der Waals surface area contributed by atoms with Crippen LogP contribution >= 0.6 is 0 Å². The predicted octanol–water partition coefficient (Wildman–Crippen LogP) is 4.38. The van der Waals surface area contributed by atoms with Gasteiger partial charge >= 0.3 is 5.97 Å². The maximum Gasteiger partial charge on any atom is 0.336 e. The van der Waals surface area contributed by atoms with Gasteiger partial charge < -0.3 is 4.74 Å². The Morgan fingerprint density at radius 1 is 1.15 bits per heavy atom. The van der Waals surface area contributed by atoms with Crippen LogP contribution in [0.25, 0.3) is 0 Å². The number of aryl methyl sites for hydroxylation is 1. The summed E-state index contributed by atoms with van der Waals surface area (Å²) in [7, 11) is 0. The van der Waals surface area contributed by atoms with E-state index in [0.29, 0.717) is 24.3 Å². The Bertz CT molecular complexity index is 799. The van der Waals surface area contributed by atoms with Gasteiger partial charge in [-0.25, -0.2) is 4.79 Å². The summed E-state index contributed by atoms with van der Waals surface area (Å²) in [6.07, 6.45) is 1.29. The molecule has 0 N–H and O–H groups in total. The Balaban J connectivity index is 2.15. The van der Waals surface area contributed by atoms with Crippen molar-refractivity contribution in [2.45, 2.75) is 53.4 Å². The zero-order valence-corrected chi connectivity index (χ0v) is 16.3. The van der Waals surface area contributed by atoms with Crippen molar-refractivity contribution >= 4 is 17.5 Å². The first kappa shape index (κ1) is 18.6. The van der Waals surface area contributed by atoms with Crippen LogP contribution in [0, 0.1) is 18.3 Å². The van der Waals surface area contributed by atoms with E-state index in [9.17, 15) is 9.59 Å². The van der Waals surface area contributed by atoms with Gasteiger partial charge in [-0.2, -0.15) is 0 Å². The van der Waals surface area contributed by atoms with Crippen LogP contribution in [-0.2, 0) is 14.3 Å². The van der Waals surface area contributed by atoms with Gasteiger partial charge in [0.15, 0.2) is 0 Å². The largest absolute Gasteiger partial charge is 0.463 e. The van der Waals surface area contributed by atoms with Crippen LogP contribution in [0.2, 0.25) is 0 Å². The lowest BCUT2D eigenvalue weighted by molar-refractivity contribution is -0.139. The second-order valence-electron chi connectivity index (χ2n) is 8.17. The molecule has 0 amide bonds. The number of hydrogen-bond donors (Lipinski definition) is 0. The topological polar surface area (TPSA) is 55.7 Å². The number of Topliss-reactive ketones (excluding diaryl/α,β-unsaturated/α-hetero) is 1. The highest BCUT2D eigenvalue weighted by molar-refractivity contribution is 6.12. The Morgan fingerprint density at radius 2 is 1.81 bits per heavy atom. The summed E-state index contributed by atoms with van der Waals surface area (Å²) in [5.74, 6) is -0.879. The second kappa shape index (κ2) is 6.82. The summed E-state index contributed by atoms with van der Waals surface area (Å²) >= 11 is 0. The van der Waals surface area contributed by atoms with E-state index in [1.54, 1.807) is 6.92 Å². The molecule has 26 heavy (non-hydrogen) atoms. The molecule has 1 saturated carbocycles. The van der Waals surface area contributed by atoms with E-state index < -0.39 is 0 Å². The van der Waals surface area contributed by atoms with Crippen LogP contribution in [0.1, 0.15) is 57.6 Å². The molecule has 1 aromatic rings. The van der Waals surface area contributed by atoms with Crippen molar-refractivity contribution in [2.75, 3.05) is 6.61 Å². The zero-order chi connectivity index (χ0) is 19.1. The van der Waals surface area contributed by atoms with Crippen molar-refractivity contribution in [3.05, 3.63) is 46.7 Å². The molecule has 1 fully saturated rings. The first-order valence-corrected chi connectivity index (χ1v) is 9.28. The molecule has 1 aliphatic heterocycles. The molecular weight excluding hydrogens is 326 g/mol. The number of aliphatic imine (C=N–C) groups is 1. The standard InChI is InChI=1S/C22H27NO3/c1-6-26-21(25)18-14(3)23-16-11-22(4,5)12-17(24)20(16)19(18)15-9-7-13(2)8-10-15/h7-10,19-20H,6,11-12H2,1-5H3/t19-,20-/m1/s1. The molecule has 1 aliphatic carbocycles. The maximum atomic E-state index is 13.1. The lowest BCUT2D eigenvalue weighted by Crippen LogP contribution is -2.44. The number of carbonyl (C=O) groups is 2. The minimum atomic E-state index is -0.367. The molecule has 4 nitrogen and oxygen atoms in total. The summed E-state index contributed by atoms with van der Waals surface area (Å²) < 4.78 is 5.31. The normalized spacial score (nSPS) is 24.8. The van der Waals surface area contributed by atoms with E-state index in [0.717, 1.165) is 23.3 Å². The molecule has 0 bridgehead atoms. The fourth-order valence-corrected chi connectivity index (χ4v) is 4.20. The van der Waals surface area contributed by atoms with Gasteiger partial charge in [-0.3, -0.25) is 9.79 Å². The van der Waals surface area contributed by atoms with Gasteiger partial charge in [0.25, 0.3) is 0 Å². The molecule has 2 aliphatic rings. The second-order valence-corrected chi connectivity index (χ2v) is 8.17. The number of nitrogens with zero attached hydrogens (tertiary/aromatic N) is 1. The SMILES string of the molecule is CCOC(=O)C1=C(C)N=C2CC(C)(C)CC(=O)[C@@H]2[C@@H]1c1ccc(C)cc1. The Kier molecular flexibility index (Phi) is 4.87. The van der Waals surface area contributed by atoms with Crippen LogP contribution in [0.15, 0.2) is 40.5 Å². The van der Waals surface area contributed by atoms with Crippen molar-refractivity contribution in [2.24, 2.45) is 16.3 Å². The zero-order valence-electron chi connectivity index (χ0n) is 16.3. The highest BCUT2D eigenvalue weighted by Crippen LogP contribution is 2.46. The number of carbonyl (C=O) groups excluding carboxylic acids is 2. The van der Waals surface area contributed by atoms with Crippen LogP contribution in [0.4, 0.5) is 0 Å². The number of fused-ring (bicyclic) bond motifs is 1. The van der Waals surface area contributed by atoms with E-state index >= 15 is 0 Å². The van der Waals surface area contributed by atoms with Crippen molar-refractivity contribution in [1.82, 2.24) is 0 Å². The monoisotopic (exact) mass is 353 g/mol. The number of benzene rings is 1. The molecule has 0 saturated heterocycles. The van der Waals surface area contributed by atoms with Crippen LogP contribution in [0.3, 0.4) is 0 Å². The molecule has 4 heteroatoms. The fourth-order valence-electron chi connectivity index (χ4n) is 4.20.